The second kappa shape index (κ2) is 19.1. The molecule has 0 N–H and O–H groups in total. The number of likely N-dealkylation sites (tertiary alicyclic amines) is 2. The van der Waals surface area contributed by atoms with Gasteiger partial charge < -0.3 is 24.5 Å². The highest BCUT2D eigenvalue weighted by atomic mass is 35.5. The molecule has 19 heteroatoms. The van der Waals surface area contributed by atoms with Gasteiger partial charge in [-0.2, -0.15) is 32.7 Å². The van der Waals surface area contributed by atoms with Crippen molar-refractivity contribution < 1.29 is 32.3 Å². The third-order valence-electron chi connectivity index (χ3n) is 15.5. The number of likely N-dealkylation sites (N-methyl/N-ethyl adjacent to an activating group) is 1. The van der Waals surface area contributed by atoms with Crippen LogP contribution in [0.2, 0.25) is 5.02 Å². The van der Waals surface area contributed by atoms with E-state index in [0.29, 0.717) is 61.1 Å². The van der Waals surface area contributed by atoms with Crippen molar-refractivity contribution in [3.63, 3.8) is 0 Å². The van der Waals surface area contributed by atoms with E-state index in [4.69, 9.17) is 11.6 Å². The number of carbonyl (C=O) groups is 4. The first kappa shape index (κ1) is 47.6. The number of halogens is 4. The van der Waals surface area contributed by atoms with Crippen LogP contribution >= 0.6 is 11.6 Å². The fourth-order valence-corrected chi connectivity index (χ4v) is 11.8. The van der Waals surface area contributed by atoms with Crippen LogP contribution in [0.3, 0.4) is 0 Å². The van der Waals surface area contributed by atoms with Crippen molar-refractivity contribution in [2.45, 2.75) is 83.2 Å². The molecule has 0 radical (unpaired) electrons. The van der Waals surface area contributed by atoms with E-state index in [0.717, 1.165) is 68.7 Å². The Balaban J connectivity index is 0.841. The Kier molecular flexibility index (Phi) is 13.4. The van der Waals surface area contributed by atoms with E-state index >= 15 is 13.2 Å². The van der Waals surface area contributed by atoms with Gasteiger partial charge in [-0.1, -0.05) is 23.7 Å². The summed E-state index contributed by atoms with van der Waals surface area (Å²) in [5, 5.41) is 9.22. The third kappa shape index (κ3) is 9.86. The van der Waals surface area contributed by atoms with Gasteiger partial charge in [0.05, 0.1) is 48.1 Å². The van der Waals surface area contributed by atoms with Crippen LogP contribution in [0.25, 0.3) is 0 Å². The summed E-state index contributed by atoms with van der Waals surface area (Å²) in [4.78, 5) is 65.7. The molecule has 364 valence electrons. The Morgan fingerprint density at radius 3 is 1.71 bits per heavy atom. The first-order valence-corrected chi connectivity index (χ1v) is 24.1. The monoisotopic (exact) mass is 959 g/mol. The number of carbonyl (C=O) groups excluding carboxylic acids is 4. The standard InChI is InChI=1S/C49H61ClF3N11O4/c1-31(65)58(4)43-21-54-63(29-43)47(67)61-27-36-17-41(18-37(36)28-61)57(3)24-38-19-42(60-11-6-7-12-60)14-33(46(38)49(51,52)53)20-45(66)59(5)44-22-55-64(30-44)48(68)62-25-34-15-40(16-35(34)26-62)56(2)23-32-9-8-10-39(50)13-32/h8-10,13-14,19,21-22,29-30,34-37,40-41H,6-7,11-12,15-18,20,23-28H2,1-5H3/t34-,35+,36-,37+,40?,41?. The van der Waals surface area contributed by atoms with E-state index in [-0.39, 0.29) is 53.5 Å². The van der Waals surface area contributed by atoms with Gasteiger partial charge in [-0.3, -0.25) is 19.4 Å². The van der Waals surface area contributed by atoms with Crippen molar-refractivity contribution in [3.05, 3.63) is 88.5 Å². The number of benzene rings is 2. The number of amides is 4. The van der Waals surface area contributed by atoms with Crippen molar-refractivity contribution in [2.75, 3.05) is 82.2 Å². The number of hydrogen-bond donors (Lipinski definition) is 0. The number of fused-ring (bicyclic) bond motifs is 2. The quantitative estimate of drug-likeness (QED) is 0.154. The molecule has 68 heavy (non-hydrogen) atoms. The van der Waals surface area contributed by atoms with Crippen molar-refractivity contribution in [1.29, 1.82) is 0 Å². The van der Waals surface area contributed by atoms with Gasteiger partial charge in [0.15, 0.2) is 0 Å². The molecule has 2 unspecified atom stereocenters. The summed E-state index contributed by atoms with van der Waals surface area (Å²) in [7, 11) is 7.11. The summed E-state index contributed by atoms with van der Waals surface area (Å²) < 4.78 is 48.5. The van der Waals surface area contributed by atoms with Crippen LogP contribution in [-0.2, 0) is 35.3 Å². The average molecular weight is 961 g/mol. The fraction of sp³-hybridized carbons (Fsp3) is 0.551. The summed E-state index contributed by atoms with van der Waals surface area (Å²) in [6.45, 7) is 5.95. The Labute approximate surface area is 400 Å². The molecule has 4 amide bonds. The lowest BCUT2D eigenvalue weighted by molar-refractivity contribution is -0.139. The summed E-state index contributed by atoms with van der Waals surface area (Å²) in [6, 6.07) is 10.9. The van der Waals surface area contributed by atoms with Crippen molar-refractivity contribution in [1.82, 2.24) is 39.2 Å². The molecule has 0 bridgehead atoms. The number of anilines is 3. The molecule has 3 aliphatic heterocycles. The molecule has 5 aliphatic rings. The van der Waals surface area contributed by atoms with Crippen LogP contribution in [0.15, 0.2) is 61.2 Å². The average Bonchev–Trinajstić information content (AvgIpc) is 4.15. The molecule has 5 heterocycles. The lowest BCUT2D eigenvalue weighted by Crippen LogP contribution is -2.36. The van der Waals surface area contributed by atoms with Gasteiger partial charge in [0.1, 0.15) is 0 Å². The lowest BCUT2D eigenvalue weighted by Gasteiger charge is -2.30. The number of aromatic nitrogens is 4. The van der Waals surface area contributed by atoms with E-state index in [1.165, 1.54) is 64.0 Å². The summed E-state index contributed by atoms with van der Waals surface area (Å²) in [5.41, 5.74) is 1.92. The van der Waals surface area contributed by atoms with Crippen molar-refractivity contribution in [2.24, 2.45) is 23.7 Å². The summed E-state index contributed by atoms with van der Waals surface area (Å²) >= 11 is 6.21. The predicted octanol–water partition coefficient (Wildman–Crippen LogP) is 7.16. The van der Waals surface area contributed by atoms with Gasteiger partial charge in [-0.05, 0) is 117 Å². The first-order valence-electron chi connectivity index (χ1n) is 23.7. The van der Waals surface area contributed by atoms with Crippen molar-refractivity contribution >= 4 is 52.5 Å². The van der Waals surface area contributed by atoms with Crippen molar-refractivity contribution in [3.8, 4) is 0 Å². The highest BCUT2D eigenvalue weighted by Crippen LogP contribution is 2.44. The molecule has 3 saturated heterocycles. The van der Waals surface area contributed by atoms with Crippen LogP contribution in [-0.4, -0.2) is 143 Å². The maximum atomic E-state index is 15.4. The number of hydrogen-bond acceptors (Lipinski definition) is 9. The second-order valence-electron chi connectivity index (χ2n) is 20.0. The van der Waals surface area contributed by atoms with Crippen LogP contribution in [0.1, 0.15) is 67.7 Å². The molecule has 5 fully saturated rings. The van der Waals surface area contributed by atoms with Crippen LogP contribution in [0.5, 0.6) is 0 Å². The summed E-state index contributed by atoms with van der Waals surface area (Å²) in [6.07, 6.45) is 5.95. The maximum absolute atomic E-state index is 15.4. The van der Waals surface area contributed by atoms with E-state index in [2.05, 4.69) is 33.1 Å². The van der Waals surface area contributed by atoms with Gasteiger partial charge in [-0.15, -0.1) is 0 Å². The number of nitrogens with zero attached hydrogens (tertiary/aromatic N) is 11. The van der Waals surface area contributed by atoms with E-state index in [9.17, 15) is 19.2 Å². The molecule has 15 nitrogen and oxygen atoms in total. The van der Waals surface area contributed by atoms with E-state index < -0.39 is 24.1 Å². The largest absolute Gasteiger partial charge is 0.417 e. The minimum absolute atomic E-state index is 0.000975. The molecule has 2 saturated carbocycles. The molecular formula is C49H61ClF3N11O4. The second-order valence-corrected chi connectivity index (χ2v) is 20.4. The van der Waals surface area contributed by atoms with Crippen LogP contribution in [0.4, 0.5) is 39.8 Å². The molecule has 6 atom stereocenters. The first-order chi connectivity index (χ1) is 32.4. The Morgan fingerprint density at radius 2 is 1.21 bits per heavy atom. The van der Waals surface area contributed by atoms with Gasteiger partial charge in [0, 0.05) is 96.2 Å². The van der Waals surface area contributed by atoms with Gasteiger partial charge >= 0.3 is 18.2 Å². The van der Waals surface area contributed by atoms with Gasteiger partial charge in [-0.25, -0.2) is 9.59 Å². The maximum Gasteiger partial charge on any atom is 0.417 e. The van der Waals surface area contributed by atoms with Gasteiger partial charge in [0.2, 0.25) is 11.8 Å². The topological polar surface area (TPSA) is 127 Å². The Bertz CT molecular complexity index is 2510. The molecule has 9 rings (SSSR count). The minimum Gasteiger partial charge on any atom is -0.372 e. The molecule has 2 aromatic carbocycles. The highest BCUT2D eigenvalue weighted by Gasteiger charge is 2.46. The zero-order chi connectivity index (χ0) is 48.2. The van der Waals surface area contributed by atoms with Crippen LogP contribution in [0, 0.1) is 23.7 Å². The Morgan fingerprint density at radius 1 is 0.706 bits per heavy atom. The van der Waals surface area contributed by atoms with E-state index in [1.54, 1.807) is 18.0 Å². The molecule has 4 aromatic rings. The molecule has 2 aromatic heterocycles. The number of rotatable bonds is 11. The fourth-order valence-electron chi connectivity index (χ4n) is 11.6. The smallest absolute Gasteiger partial charge is 0.372 e. The summed E-state index contributed by atoms with van der Waals surface area (Å²) in [5.74, 6) is 0.366. The zero-order valence-electron chi connectivity index (χ0n) is 39.4. The third-order valence-corrected chi connectivity index (χ3v) is 15.7. The molecule has 0 spiro atoms. The molecular weight excluding hydrogens is 899 g/mol. The zero-order valence-corrected chi connectivity index (χ0v) is 40.2. The minimum atomic E-state index is -4.73. The lowest BCUT2D eigenvalue weighted by atomic mass is 9.95. The van der Waals surface area contributed by atoms with Gasteiger partial charge in [0.25, 0.3) is 0 Å². The Hall–Kier alpha value is -5.46. The number of alkyl halides is 3. The van der Waals surface area contributed by atoms with E-state index in [1.807, 2.05) is 35.0 Å². The normalized spacial score (nSPS) is 23.5. The SMILES string of the molecule is CC(=O)N(C)c1cnn(C(=O)N2C[C@H]3CC(N(C)Cc4cc(N5CCCC5)cc(CC(=O)N(C)c5cnn(C(=O)N6C[C@H]7CC(N(C)Cc8cccc(Cl)c8)C[C@H]7C6)c5)c4C(F)(F)F)C[C@H]3C2)c1. The molecule has 2 aliphatic carbocycles. The predicted molar refractivity (Wildman–Crippen MR) is 253 cm³/mol. The highest BCUT2D eigenvalue weighted by molar-refractivity contribution is 6.30. The van der Waals surface area contributed by atoms with Crippen LogP contribution < -0.4 is 14.7 Å².